The maximum Gasteiger partial charge on any atom is 0.265 e. The minimum Gasteiger partial charge on any atom is -0.395 e. The van der Waals surface area contributed by atoms with Crippen molar-refractivity contribution in [3.63, 3.8) is 0 Å². The van der Waals surface area contributed by atoms with E-state index in [4.69, 9.17) is 5.11 Å². The summed E-state index contributed by atoms with van der Waals surface area (Å²) in [4.78, 5) is 14.7. The van der Waals surface area contributed by atoms with Crippen molar-refractivity contribution >= 4 is 17.2 Å². The molecule has 102 valence electrons. The van der Waals surface area contributed by atoms with Crippen LogP contribution in [0.5, 0.6) is 0 Å². The summed E-state index contributed by atoms with van der Waals surface area (Å²) >= 11 is 1.37. The van der Waals surface area contributed by atoms with Crippen LogP contribution < -0.4 is 0 Å². The monoisotopic (exact) mass is 279 g/mol. The number of thiophene rings is 1. The molecule has 1 aromatic heterocycles. The van der Waals surface area contributed by atoms with Gasteiger partial charge in [-0.3, -0.25) is 4.79 Å². The molecule has 1 atom stereocenters. The van der Waals surface area contributed by atoms with Crippen LogP contribution in [0.3, 0.4) is 0 Å². The van der Waals surface area contributed by atoms with Crippen molar-refractivity contribution in [2.75, 3.05) is 19.7 Å². The van der Waals surface area contributed by atoms with Gasteiger partial charge >= 0.3 is 0 Å². The van der Waals surface area contributed by atoms with Gasteiger partial charge in [-0.25, -0.2) is 0 Å². The van der Waals surface area contributed by atoms with Crippen LogP contribution in [0.25, 0.3) is 0 Å². The molecule has 1 saturated heterocycles. The smallest absolute Gasteiger partial charge is 0.265 e. The molecule has 2 N–H and O–H groups in total. The maximum atomic E-state index is 12.4. The number of carbonyl (C=O) groups excluding carboxylic acids is 1. The molecule has 0 spiro atoms. The number of nitrogens with zero attached hydrogens (tertiary/aromatic N) is 1. The fraction of sp³-hybridized carbons (Fsp3) is 0.500. The fourth-order valence-corrected chi connectivity index (χ4v) is 2.89. The first kappa shape index (κ1) is 14.1. The van der Waals surface area contributed by atoms with Gasteiger partial charge in [0, 0.05) is 25.1 Å². The van der Waals surface area contributed by atoms with E-state index in [0.717, 1.165) is 12.8 Å². The summed E-state index contributed by atoms with van der Waals surface area (Å²) < 4.78 is 0. The lowest BCUT2D eigenvalue weighted by Crippen LogP contribution is -2.42. The number of likely N-dealkylation sites (tertiary alicyclic amines) is 1. The number of amides is 1. The molecule has 0 saturated carbocycles. The Kier molecular flexibility index (Phi) is 4.97. The van der Waals surface area contributed by atoms with Crippen LogP contribution in [0, 0.1) is 11.8 Å². The highest BCUT2D eigenvalue weighted by atomic mass is 32.1. The van der Waals surface area contributed by atoms with E-state index in [9.17, 15) is 9.90 Å². The van der Waals surface area contributed by atoms with Gasteiger partial charge in [-0.2, -0.15) is 0 Å². The van der Waals surface area contributed by atoms with Gasteiger partial charge in [-0.1, -0.05) is 11.8 Å². The first-order chi connectivity index (χ1) is 9.22. The standard InChI is InChI=1S/C14H17NO3S/c16-8-2-1-4-11-6-9-19-13(11)14(18)15-7-3-5-12(17)10-15/h6,9,12,16-17H,2-3,5,7-8,10H2. The summed E-state index contributed by atoms with van der Waals surface area (Å²) in [6.45, 7) is 1.12. The SMILES string of the molecule is O=C(c1sccc1C#CCCO)N1CCCC(O)C1. The number of rotatable bonds is 2. The third kappa shape index (κ3) is 3.57. The Hall–Kier alpha value is -1.35. The molecule has 1 amide bonds. The van der Waals surface area contributed by atoms with Gasteiger partial charge in [-0.05, 0) is 24.3 Å². The van der Waals surface area contributed by atoms with Crippen LogP contribution in [0.1, 0.15) is 34.5 Å². The van der Waals surface area contributed by atoms with E-state index in [2.05, 4.69) is 11.8 Å². The van der Waals surface area contributed by atoms with E-state index < -0.39 is 6.10 Å². The molecule has 1 aliphatic heterocycles. The zero-order valence-corrected chi connectivity index (χ0v) is 11.4. The molecule has 1 aliphatic rings. The lowest BCUT2D eigenvalue weighted by atomic mass is 10.1. The molecule has 0 aliphatic carbocycles. The highest BCUT2D eigenvalue weighted by Crippen LogP contribution is 2.20. The van der Waals surface area contributed by atoms with E-state index in [1.807, 2.05) is 11.4 Å². The van der Waals surface area contributed by atoms with Crippen LogP contribution >= 0.6 is 11.3 Å². The molecule has 2 heterocycles. The molecule has 1 aromatic rings. The molecule has 4 nitrogen and oxygen atoms in total. The summed E-state index contributed by atoms with van der Waals surface area (Å²) in [5.74, 6) is 5.69. The quantitative estimate of drug-likeness (QED) is 0.796. The maximum absolute atomic E-state index is 12.4. The molecular weight excluding hydrogens is 262 g/mol. The van der Waals surface area contributed by atoms with Crippen LogP contribution in [-0.4, -0.2) is 46.8 Å². The highest BCUT2D eigenvalue weighted by molar-refractivity contribution is 7.12. The predicted octanol–water partition coefficient (Wildman–Crippen LogP) is 1.08. The Morgan fingerprint density at radius 2 is 2.42 bits per heavy atom. The Balaban J connectivity index is 2.11. The molecule has 2 rings (SSSR count). The average Bonchev–Trinajstić information content (AvgIpc) is 2.86. The third-order valence-corrected chi connectivity index (χ3v) is 3.91. The Morgan fingerprint density at radius 3 is 3.16 bits per heavy atom. The van der Waals surface area contributed by atoms with E-state index in [1.54, 1.807) is 4.90 Å². The first-order valence-corrected chi connectivity index (χ1v) is 7.25. The average molecular weight is 279 g/mol. The summed E-state index contributed by atoms with van der Waals surface area (Å²) in [6, 6.07) is 1.82. The van der Waals surface area contributed by atoms with Crippen molar-refractivity contribution in [1.29, 1.82) is 0 Å². The minimum absolute atomic E-state index is 0.0265. The summed E-state index contributed by atoms with van der Waals surface area (Å²) in [7, 11) is 0. The second-order valence-corrected chi connectivity index (χ2v) is 5.40. The van der Waals surface area contributed by atoms with Gasteiger partial charge in [-0.15, -0.1) is 11.3 Å². The van der Waals surface area contributed by atoms with Crippen molar-refractivity contribution in [2.45, 2.75) is 25.4 Å². The van der Waals surface area contributed by atoms with Crippen molar-refractivity contribution in [3.8, 4) is 11.8 Å². The number of aliphatic hydroxyl groups excluding tert-OH is 2. The topological polar surface area (TPSA) is 60.8 Å². The van der Waals surface area contributed by atoms with E-state index in [0.29, 0.717) is 30.0 Å². The lowest BCUT2D eigenvalue weighted by Gasteiger charge is -2.29. The van der Waals surface area contributed by atoms with Gasteiger partial charge < -0.3 is 15.1 Å². The highest BCUT2D eigenvalue weighted by Gasteiger charge is 2.25. The Bertz CT molecular complexity index is 500. The van der Waals surface area contributed by atoms with Crippen molar-refractivity contribution < 1.29 is 15.0 Å². The fourth-order valence-electron chi connectivity index (χ4n) is 2.07. The van der Waals surface area contributed by atoms with Crippen molar-refractivity contribution in [2.24, 2.45) is 0 Å². The zero-order valence-electron chi connectivity index (χ0n) is 10.6. The molecule has 0 bridgehead atoms. The van der Waals surface area contributed by atoms with Gasteiger partial charge in [0.05, 0.1) is 12.7 Å². The molecule has 5 heteroatoms. The molecular formula is C14H17NO3S. The predicted molar refractivity (Wildman–Crippen MR) is 74.0 cm³/mol. The molecule has 0 aromatic carbocycles. The zero-order chi connectivity index (χ0) is 13.7. The van der Waals surface area contributed by atoms with Crippen molar-refractivity contribution in [3.05, 3.63) is 21.9 Å². The Labute approximate surface area is 116 Å². The third-order valence-electron chi connectivity index (χ3n) is 3.00. The molecule has 19 heavy (non-hydrogen) atoms. The number of aliphatic hydroxyl groups is 2. The van der Waals surface area contributed by atoms with Crippen LogP contribution in [0.4, 0.5) is 0 Å². The van der Waals surface area contributed by atoms with Gasteiger partial charge in [0.2, 0.25) is 0 Å². The van der Waals surface area contributed by atoms with E-state index in [1.165, 1.54) is 11.3 Å². The number of β-amino-alcohol motifs (C(OH)–C–C–N with tert-alkyl or cyclic N) is 1. The van der Waals surface area contributed by atoms with Crippen LogP contribution in [-0.2, 0) is 0 Å². The molecule has 1 unspecified atom stereocenters. The Morgan fingerprint density at radius 1 is 1.58 bits per heavy atom. The first-order valence-electron chi connectivity index (χ1n) is 6.37. The van der Waals surface area contributed by atoms with E-state index in [-0.39, 0.29) is 12.5 Å². The minimum atomic E-state index is -0.415. The number of piperidine rings is 1. The van der Waals surface area contributed by atoms with E-state index >= 15 is 0 Å². The second-order valence-electron chi connectivity index (χ2n) is 4.49. The summed E-state index contributed by atoms with van der Waals surface area (Å²) in [6.07, 6.45) is 1.59. The molecule has 0 radical (unpaired) electrons. The van der Waals surface area contributed by atoms with Crippen LogP contribution in [0.2, 0.25) is 0 Å². The van der Waals surface area contributed by atoms with Crippen molar-refractivity contribution in [1.82, 2.24) is 4.90 Å². The van der Waals surface area contributed by atoms with Gasteiger partial charge in [0.25, 0.3) is 5.91 Å². The second kappa shape index (κ2) is 6.71. The van der Waals surface area contributed by atoms with Crippen LogP contribution in [0.15, 0.2) is 11.4 Å². The summed E-state index contributed by atoms with van der Waals surface area (Å²) in [5, 5.41) is 20.2. The van der Waals surface area contributed by atoms with Gasteiger partial charge in [0.1, 0.15) is 4.88 Å². The largest absolute Gasteiger partial charge is 0.395 e. The number of hydrogen-bond acceptors (Lipinski definition) is 4. The number of carbonyl (C=O) groups is 1. The molecule has 1 fully saturated rings. The van der Waals surface area contributed by atoms with Gasteiger partial charge in [0.15, 0.2) is 0 Å². The summed E-state index contributed by atoms with van der Waals surface area (Å²) in [5.41, 5.74) is 0.712. The lowest BCUT2D eigenvalue weighted by molar-refractivity contribution is 0.0477. The normalized spacial score (nSPS) is 18.8. The number of hydrogen-bond donors (Lipinski definition) is 2.